The molecular weight excluding hydrogens is 332 g/mol. The molecule has 0 amide bonds. The van der Waals surface area contributed by atoms with Crippen molar-refractivity contribution in [3.63, 3.8) is 0 Å². The van der Waals surface area contributed by atoms with Crippen LogP contribution in [0.2, 0.25) is 0 Å². The Balaban J connectivity index is 1.51. The minimum Gasteiger partial charge on any atom is -0.488 e. The summed E-state index contributed by atoms with van der Waals surface area (Å²) in [5, 5.41) is 0. The molecule has 3 aromatic carbocycles. The first-order valence-corrected chi connectivity index (χ1v) is 8.96. The van der Waals surface area contributed by atoms with Crippen LogP contribution in [0.25, 0.3) is 22.4 Å². The second kappa shape index (κ2) is 7.83. The molecule has 0 aliphatic heterocycles. The predicted octanol–water partition coefficient (Wildman–Crippen LogP) is 5.70. The van der Waals surface area contributed by atoms with Gasteiger partial charge < -0.3 is 4.74 Å². The smallest absolute Gasteiger partial charge is 0.129 e. The molecular formula is C24H20N2O. The van der Waals surface area contributed by atoms with Gasteiger partial charge in [0.1, 0.15) is 18.2 Å². The van der Waals surface area contributed by atoms with Crippen LogP contribution in [0.4, 0.5) is 0 Å². The standard InChI is InChI=1S/C24H20N2O/c1-18-25-16-15-23(26-18)22-9-5-6-10-24(22)27-17-19-11-13-21(14-12-19)20-7-3-2-4-8-20/h2-16H,17H2,1H3. The van der Waals surface area contributed by atoms with Gasteiger partial charge in [-0.3, -0.25) is 0 Å². The van der Waals surface area contributed by atoms with E-state index in [1.165, 1.54) is 11.1 Å². The van der Waals surface area contributed by atoms with E-state index in [4.69, 9.17) is 4.74 Å². The van der Waals surface area contributed by atoms with E-state index in [-0.39, 0.29) is 0 Å². The van der Waals surface area contributed by atoms with Crippen molar-refractivity contribution >= 4 is 0 Å². The fourth-order valence-corrected chi connectivity index (χ4v) is 3.00. The van der Waals surface area contributed by atoms with Crippen molar-refractivity contribution in [1.29, 1.82) is 0 Å². The van der Waals surface area contributed by atoms with Crippen molar-refractivity contribution in [2.24, 2.45) is 0 Å². The van der Waals surface area contributed by atoms with Gasteiger partial charge in [-0.2, -0.15) is 0 Å². The van der Waals surface area contributed by atoms with Crippen molar-refractivity contribution in [3.8, 4) is 28.1 Å². The van der Waals surface area contributed by atoms with Crippen LogP contribution in [-0.4, -0.2) is 9.97 Å². The molecule has 0 aliphatic carbocycles. The lowest BCUT2D eigenvalue weighted by molar-refractivity contribution is 0.307. The third-order valence-corrected chi connectivity index (χ3v) is 4.39. The summed E-state index contributed by atoms with van der Waals surface area (Å²) in [6.07, 6.45) is 1.77. The molecule has 0 unspecified atom stereocenters. The number of aromatic nitrogens is 2. The zero-order valence-electron chi connectivity index (χ0n) is 15.2. The Morgan fingerprint density at radius 3 is 2.22 bits per heavy atom. The van der Waals surface area contributed by atoms with E-state index in [9.17, 15) is 0 Å². The Bertz CT molecular complexity index is 1030. The lowest BCUT2D eigenvalue weighted by Gasteiger charge is -2.12. The molecule has 0 fully saturated rings. The van der Waals surface area contributed by atoms with Crippen LogP contribution < -0.4 is 4.74 Å². The van der Waals surface area contributed by atoms with Gasteiger partial charge in [-0.15, -0.1) is 0 Å². The highest BCUT2D eigenvalue weighted by molar-refractivity contribution is 5.67. The lowest BCUT2D eigenvalue weighted by atomic mass is 10.0. The van der Waals surface area contributed by atoms with Crippen LogP contribution in [0.15, 0.2) is 91.1 Å². The summed E-state index contributed by atoms with van der Waals surface area (Å²) >= 11 is 0. The van der Waals surface area contributed by atoms with E-state index < -0.39 is 0 Å². The molecule has 0 bridgehead atoms. The maximum Gasteiger partial charge on any atom is 0.129 e. The third-order valence-electron chi connectivity index (χ3n) is 4.39. The topological polar surface area (TPSA) is 35.0 Å². The minimum atomic E-state index is 0.510. The Labute approximate surface area is 159 Å². The van der Waals surface area contributed by atoms with E-state index in [1.54, 1.807) is 6.20 Å². The molecule has 27 heavy (non-hydrogen) atoms. The van der Waals surface area contributed by atoms with Gasteiger partial charge in [-0.25, -0.2) is 9.97 Å². The SMILES string of the molecule is Cc1nccc(-c2ccccc2OCc2ccc(-c3ccccc3)cc2)n1. The normalized spacial score (nSPS) is 10.6. The highest BCUT2D eigenvalue weighted by Crippen LogP contribution is 2.29. The van der Waals surface area contributed by atoms with Crippen LogP contribution in [0, 0.1) is 6.92 Å². The van der Waals surface area contributed by atoms with Gasteiger partial charge in [-0.1, -0.05) is 66.7 Å². The number of rotatable bonds is 5. The average Bonchev–Trinajstić information content (AvgIpc) is 2.73. The molecule has 0 saturated carbocycles. The summed E-state index contributed by atoms with van der Waals surface area (Å²) in [7, 11) is 0. The number of ether oxygens (including phenoxy) is 1. The number of benzene rings is 3. The molecule has 0 radical (unpaired) electrons. The fraction of sp³-hybridized carbons (Fsp3) is 0.0833. The van der Waals surface area contributed by atoms with Gasteiger partial charge >= 0.3 is 0 Å². The zero-order valence-corrected chi connectivity index (χ0v) is 15.2. The van der Waals surface area contributed by atoms with Crippen LogP contribution >= 0.6 is 0 Å². The van der Waals surface area contributed by atoms with Crippen molar-refractivity contribution in [3.05, 3.63) is 103 Å². The highest BCUT2D eigenvalue weighted by atomic mass is 16.5. The van der Waals surface area contributed by atoms with Gasteiger partial charge in [0.25, 0.3) is 0 Å². The van der Waals surface area contributed by atoms with Gasteiger partial charge in [0.05, 0.1) is 5.69 Å². The lowest BCUT2D eigenvalue weighted by Crippen LogP contribution is -1.98. The summed E-state index contributed by atoms with van der Waals surface area (Å²) < 4.78 is 6.10. The third kappa shape index (κ3) is 4.04. The number of hydrogen-bond donors (Lipinski definition) is 0. The first kappa shape index (κ1) is 17.0. The molecule has 0 atom stereocenters. The zero-order chi connectivity index (χ0) is 18.5. The maximum atomic E-state index is 6.10. The molecule has 0 spiro atoms. The van der Waals surface area contributed by atoms with Gasteiger partial charge in [0, 0.05) is 11.8 Å². The van der Waals surface area contributed by atoms with Crippen LogP contribution in [0.1, 0.15) is 11.4 Å². The predicted molar refractivity (Wildman–Crippen MR) is 108 cm³/mol. The van der Waals surface area contributed by atoms with Crippen molar-refractivity contribution < 1.29 is 4.74 Å². The molecule has 0 aliphatic rings. The summed E-state index contributed by atoms with van der Waals surface area (Å²) in [4.78, 5) is 8.68. The van der Waals surface area contributed by atoms with E-state index in [2.05, 4.69) is 58.5 Å². The largest absolute Gasteiger partial charge is 0.488 e. The monoisotopic (exact) mass is 352 g/mol. The van der Waals surface area contributed by atoms with Crippen LogP contribution in [0.5, 0.6) is 5.75 Å². The molecule has 0 N–H and O–H groups in total. The van der Waals surface area contributed by atoms with E-state index in [1.807, 2.05) is 43.3 Å². The fourth-order valence-electron chi connectivity index (χ4n) is 3.00. The minimum absolute atomic E-state index is 0.510. The van der Waals surface area contributed by atoms with Gasteiger partial charge in [-0.05, 0) is 41.8 Å². The van der Waals surface area contributed by atoms with E-state index in [0.29, 0.717) is 6.61 Å². The summed E-state index contributed by atoms with van der Waals surface area (Å²) in [5.41, 5.74) is 5.40. The Morgan fingerprint density at radius 2 is 1.44 bits per heavy atom. The molecule has 1 heterocycles. The van der Waals surface area contributed by atoms with Crippen molar-refractivity contribution in [2.45, 2.75) is 13.5 Å². The number of para-hydroxylation sites is 1. The van der Waals surface area contributed by atoms with E-state index in [0.717, 1.165) is 28.4 Å². The van der Waals surface area contributed by atoms with Crippen molar-refractivity contribution in [2.75, 3.05) is 0 Å². The number of nitrogens with zero attached hydrogens (tertiary/aromatic N) is 2. The quantitative estimate of drug-likeness (QED) is 0.462. The first-order chi connectivity index (χ1) is 13.3. The van der Waals surface area contributed by atoms with Crippen LogP contribution in [-0.2, 0) is 6.61 Å². The highest BCUT2D eigenvalue weighted by Gasteiger charge is 2.08. The number of aryl methyl sites for hydroxylation is 1. The van der Waals surface area contributed by atoms with Gasteiger partial charge in [0.2, 0.25) is 0 Å². The number of hydrogen-bond acceptors (Lipinski definition) is 3. The summed E-state index contributed by atoms with van der Waals surface area (Å²) in [5.74, 6) is 1.57. The second-order valence-electron chi connectivity index (χ2n) is 6.34. The Kier molecular flexibility index (Phi) is 4.93. The molecule has 4 aromatic rings. The average molecular weight is 352 g/mol. The Morgan fingerprint density at radius 1 is 0.741 bits per heavy atom. The molecule has 3 heteroatoms. The van der Waals surface area contributed by atoms with E-state index >= 15 is 0 Å². The molecule has 132 valence electrons. The van der Waals surface area contributed by atoms with Crippen molar-refractivity contribution in [1.82, 2.24) is 9.97 Å². The summed E-state index contributed by atoms with van der Waals surface area (Å²) in [6, 6.07) is 28.7. The Hall–Kier alpha value is -3.46. The maximum absolute atomic E-state index is 6.10. The first-order valence-electron chi connectivity index (χ1n) is 8.96. The molecule has 1 aromatic heterocycles. The molecule has 0 saturated heterocycles. The summed E-state index contributed by atoms with van der Waals surface area (Å²) in [6.45, 7) is 2.40. The van der Waals surface area contributed by atoms with Crippen LogP contribution in [0.3, 0.4) is 0 Å². The molecule has 3 nitrogen and oxygen atoms in total. The second-order valence-corrected chi connectivity index (χ2v) is 6.34. The molecule has 4 rings (SSSR count). The van der Waals surface area contributed by atoms with Gasteiger partial charge in [0.15, 0.2) is 0 Å².